The van der Waals surface area contributed by atoms with Gasteiger partial charge in [0.15, 0.2) is 5.76 Å². The summed E-state index contributed by atoms with van der Waals surface area (Å²) in [6.07, 6.45) is 3.54. The summed E-state index contributed by atoms with van der Waals surface area (Å²) in [5, 5.41) is 16.9. The van der Waals surface area contributed by atoms with Crippen molar-refractivity contribution >= 4 is 22.7 Å². The molecule has 2 aromatic carbocycles. The molecule has 0 fully saturated rings. The molecule has 3 rings (SSSR count). The van der Waals surface area contributed by atoms with Crippen LogP contribution in [0.15, 0.2) is 54.7 Å². The number of aliphatic hydroxyl groups excluding tert-OH is 1. The minimum Gasteiger partial charge on any atom is -0.502 e. The van der Waals surface area contributed by atoms with Crippen LogP contribution in [-0.4, -0.2) is 10.2 Å². The molecule has 1 aromatic heterocycles. The van der Waals surface area contributed by atoms with E-state index in [1.807, 2.05) is 68.6 Å². The Morgan fingerprint density at radius 1 is 1.05 bits per heavy atom. The molecule has 0 aliphatic rings. The second-order valence-corrected chi connectivity index (χ2v) is 5.16. The molecule has 3 nitrogen and oxygen atoms in total. The van der Waals surface area contributed by atoms with Gasteiger partial charge in [-0.3, -0.25) is 0 Å². The summed E-state index contributed by atoms with van der Waals surface area (Å²) in [6.45, 7) is 3.99. The second-order valence-electron chi connectivity index (χ2n) is 5.16. The van der Waals surface area contributed by atoms with Gasteiger partial charge in [0.25, 0.3) is 0 Å². The molecule has 3 aromatic rings. The van der Waals surface area contributed by atoms with Crippen LogP contribution in [0, 0.1) is 13.8 Å². The molecule has 0 aliphatic carbocycles. The standard InChI is InChI=1S/C18H16N2O/c1-13-7-9-15(10-8-13)18(21)12-20-11-16-5-3-4-6-17(16)14(2)19-20/h3-12H,1-2H3/p+1. The van der Waals surface area contributed by atoms with E-state index >= 15 is 0 Å². The summed E-state index contributed by atoms with van der Waals surface area (Å²) < 4.78 is 1.66. The lowest BCUT2D eigenvalue weighted by Gasteiger charge is -2.00. The smallest absolute Gasteiger partial charge is 0.244 e. The van der Waals surface area contributed by atoms with Gasteiger partial charge in [0.2, 0.25) is 12.4 Å². The molecule has 104 valence electrons. The van der Waals surface area contributed by atoms with E-state index in [2.05, 4.69) is 5.10 Å². The number of hydrogen-bond acceptors (Lipinski definition) is 2. The highest BCUT2D eigenvalue weighted by atomic mass is 16.3. The quantitative estimate of drug-likeness (QED) is 0.573. The minimum atomic E-state index is 0.196. The van der Waals surface area contributed by atoms with E-state index < -0.39 is 0 Å². The Kier molecular flexibility index (Phi) is 3.40. The zero-order chi connectivity index (χ0) is 14.8. The SMILES string of the molecule is Cc1ccc(/C(O)=C/[n+]2cc3ccccc3c(C)n2)cc1. The van der Waals surface area contributed by atoms with Gasteiger partial charge in [0.05, 0.1) is 5.39 Å². The van der Waals surface area contributed by atoms with Crippen LogP contribution in [-0.2, 0) is 0 Å². The lowest BCUT2D eigenvalue weighted by molar-refractivity contribution is -0.633. The Morgan fingerprint density at radius 2 is 1.76 bits per heavy atom. The van der Waals surface area contributed by atoms with Crippen molar-refractivity contribution in [2.75, 3.05) is 0 Å². The van der Waals surface area contributed by atoms with Crippen molar-refractivity contribution in [2.24, 2.45) is 0 Å². The highest BCUT2D eigenvalue weighted by Crippen LogP contribution is 2.15. The highest BCUT2D eigenvalue weighted by molar-refractivity contribution is 5.82. The van der Waals surface area contributed by atoms with Crippen LogP contribution in [0.25, 0.3) is 22.7 Å². The Hall–Kier alpha value is -2.68. The van der Waals surface area contributed by atoms with E-state index in [0.29, 0.717) is 0 Å². The Bertz CT molecular complexity index is 820. The topological polar surface area (TPSA) is 37.0 Å². The molecule has 0 unspecified atom stereocenters. The molecule has 1 heterocycles. The summed E-state index contributed by atoms with van der Waals surface area (Å²) in [4.78, 5) is 0. The molecular weight excluding hydrogens is 260 g/mol. The maximum atomic E-state index is 10.2. The van der Waals surface area contributed by atoms with Gasteiger partial charge in [-0.1, -0.05) is 52.7 Å². The monoisotopic (exact) mass is 277 g/mol. The van der Waals surface area contributed by atoms with Crippen LogP contribution in [0.4, 0.5) is 0 Å². The van der Waals surface area contributed by atoms with Crippen molar-refractivity contribution in [3.63, 3.8) is 0 Å². The van der Waals surface area contributed by atoms with Crippen molar-refractivity contribution < 1.29 is 9.79 Å². The van der Waals surface area contributed by atoms with Gasteiger partial charge in [-0.05, 0) is 19.9 Å². The van der Waals surface area contributed by atoms with Crippen molar-refractivity contribution in [1.29, 1.82) is 0 Å². The van der Waals surface area contributed by atoms with Gasteiger partial charge in [0, 0.05) is 16.0 Å². The molecule has 0 saturated heterocycles. The van der Waals surface area contributed by atoms with Gasteiger partial charge in [0.1, 0.15) is 5.69 Å². The van der Waals surface area contributed by atoms with Crippen LogP contribution in [0.1, 0.15) is 16.8 Å². The average molecular weight is 277 g/mol. The lowest BCUT2D eigenvalue weighted by atomic mass is 10.1. The van der Waals surface area contributed by atoms with Gasteiger partial charge >= 0.3 is 0 Å². The van der Waals surface area contributed by atoms with E-state index in [0.717, 1.165) is 22.0 Å². The summed E-state index contributed by atoms with van der Waals surface area (Å²) in [6, 6.07) is 15.8. The third kappa shape index (κ3) is 2.77. The third-order valence-electron chi connectivity index (χ3n) is 3.49. The largest absolute Gasteiger partial charge is 0.502 e. The maximum Gasteiger partial charge on any atom is 0.244 e. The predicted molar refractivity (Wildman–Crippen MR) is 84.6 cm³/mol. The molecule has 3 heteroatoms. The first-order chi connectivity index (χ1) is 10.1. The number of hydrogen-bond donors (Lipinski definition) is 1. The summed E-state index contributed by atoms with van der Waals surface area (Å²) in [5.41, 5.74) is 2.88. The van der Waals surface area contributed by atoms with Gasteiger partial charge in [-0.15, -0.1) is 0 Å². The van der Waals surface area contributed by atoms with E-state index in [1.54, 1.807) is 10.9 Å². The van der Waals surface area contributed by atoms with E-state index in [1.165, 1.54) is 5.56 Å². The molecule has 0 aliphatic heterocycles. The summed E-state index contributed by atoms with van der Waals surface area (Å²) in [7, 11) is 0. The first kappa shape index (κ1) is 13.3. The van der Waals surface area contributed by atoms with Gasteiger partial charge in [-0.2, -0.15) is 0 Å². The normalized spacial score (nSPS) is 11.8. The van der Waals surface area contributed by atoms with Crippen LogP contribution < -0.4 is 4.68 Å². The summed E-state index contributed by atoms with van der Waals surface area (Å²) in [5.74, 6) is 0.196. The van der Waals surface area contributed by atoms with Crippen molar-refractivity contribution in [3.05, 3.63) is 71.5 Å². The predicted octanol–water partition coefficient (Wildman–Crippen LogP) is 3.65. The van der Waals surface area contributed by atoms with Crippen LogP contribution in [0.3, 0.4) is 0 Å². The van der Waals surface area contributed by atoms with E-state index in [4.69, 9.17) is 0 Å². The van der Waals surface area contributed by atoms with Gasteiger partial charge in [-0.25, -0.2) is 0 Å². The highest BCUT2D eigenvalue weighted by Gasteiger charge is 2.09. The zero-order valence-electron chi connectivity index (χ0n) is 12.1. The molecular formula is C18H17N2O+. The summed E-state index contributed by atoms with van der Waals surface area (Å²) >= 11 is 0. The maximum absolute atomic E-state index is 10.2. The third-order valence-corrected chi connectivity index (χ3v) is 3.49. The van der Waals surface area contributed by atoms with Gasteiger partial charge < -0.3 is 5.11 Å². The van der Waals surface area contributed by atoms with Crippen molar-refractivity contribution in [2.45, 2.75) is 13.8 Å². The number of rotatable bonds is 2. The number of aromatic nitrogens is 2. The first-order valence-electron chi connectivity index (χ1n) is 6.89. The average Bonchev–Trinajstić information content (AvgIpc) is 2.48. The fourth-order valence-electron chi connectivity index (χ4n) is 2.33. The molecule has 21 heavy (non-hydrogen) atoms. The Labute approximate surface area is 123 Å². The van der Waals surface area contributed by atoms with E-state index in [-0.39, 0.29) is 5.76 Å². The molecule has 0 radical (unpaired) electrons. The number of aryl methyl sites for hydroxylation is 2. The molecule has 0 atom stereocenters. The fourth-order valence-corrected chi connectivity index (χ4v) is 2.33. The minimum absolute atomic E-state index is 0.196. The number of aliphatic hydroxyl groups is 1. The lowest BCUT2D eigenvalue weighted by Crippen LogP contribution is -2.31. The zero-order valence-corrected chi connectivity index (χ0v) is 12.1. The number of nitrogens with zero attached hydrogens (tertiary/aromatic N) is 2. The number of benzene rings is 2. The molecule has 0 saturated carbocycles. The van der Waals surface area contributed by atoms with Crippen molar-refractivity contribution in [3.8, 4) is 0 Å². The second kappa shape index (κ2) is 5.37. The van der Waals surface area contributed by atoms with E-state index in [9.17, 15) is 5.11 Å². The molecule has 1 N–H and O–H groups in total. The van der Waals surface area contributed by atoms with Crippen LogP contribution >= 0.6 is 0 Å². The Morgan fingerprint density at radius 3 is 2.52 bits per heavy atom. The van der Waals surface area contributed by atoms with Crippen LogP contribution in [0.5, 0.6) is 0 Å². The Balaban J connectivity index is 2.04. The molecule has 0 spiro atoms. The number of fused-ring (bicyclic) bond motifs is 1. The first-order valence-corrected chi connectivity index (χ1v) is 6.89. The molecule has 0 bridgehead atoms. The fraction of sp³-hybridized carbons (Fsp3) is 0.111. The van der Waals surface area contributed by atoms with Crippen molar-refractivity contribution in [1.82, 2.24) is 5.10 Å². The van der Waals surface area contributed by atoms with Crippen LogP contribution in [0.2, 0.25) is 0 Å². The molecule has 0 amide bonds.